The molecule has 2 rings (SSSR count). The van der Waals surface area contributed by atoms with Crippen molar-refractivity contribution in [1.29, 1.82) is 0 Å². The average Bonchev–Trinajstić information content (AvgIpc) is 2.92. The van der Waals surface area contributed by atoms with Crippen LogP contribution in [0, 0.1) is 0 Å². The minimum atomic E-state index is -0.510. The molecule has 7 nitrogen and oxygen atoms in total. The third kappa shape index (κ3) is 3.90. The number of methoxy groups -OCH3 is 2. The number of aliphatic hydroxyl groups is 1. The molecule has 1 aliphatic rings. The standard InChI is InChI=1S/C17H22INO6/c1-19-5-4-9(10(19)8-20)15-12(24-2)7-13(25-3)16(17(15)23)11(21)6-14(18)22/h7,9-10,20,23H,4-6,8H2,1-3H3/t9-,10+/m1/s1. The van der Waals surface area contributed by atoms with Gasteiger partial charge in [-0.2, -0.15) is 0 Å². The van der Waals surface area contributed by atoms with Crippen LogP contribution in [0.1, 0.15) is 34.7 Å². The Morgan fingerprint density at radius 3 is 2.48 bits per heavy atom. The van der Waals surface area contributed by atoms with Gasteiger partial charge < -0.3 is 24.6 Å². The highest BCUT2D eigenvalue weighted by molar-refractivity contribution is 14.1. The van der Waals surface area contributed by atoms with Crippen LogP contribution in [-0.2, 0) is 4.79 Å². The quantitative estimate of drug-likeness (QED) is 0.275. The summed E-state index contributed by atoms with van der Waals surface area (Å²) in [6.45, 7) is 0.672. The number of phenols is 1. The molecule has 1 fully saturated rings. The van der Waals surface area contributed by atoms with Gasteiger partial charge in [-0.05, 0) is 20.0 Å². The minimum Gasteiger partial charge on any atom is -0.507 e. The van der Waals surface area contributed by atoms with Crippen LogP contribution in [0.15, 0.2) is 6.07 Å². The molecule has 0 saturated carbocycles. The highest BCUT2D eigenvalue weighted by atomic mass is 127. The van der Waals surface area contributed by atoms with Gasteiger partial charge in [-0.25, -0.2) is 0 Å². The van der Waals surface area contributed by atoms with E-state index in [0.717, 1.165) is 6.54 Å². The topological polar surface area (TPSA) is 96.3 Å². The summed E-state index contributed by atoms with van der Waals surface area (Å²) in [5.41, 5.74) is 0.450. The highest BCUT2D eigenvalue weighted by Crippen LogP contribution is 2.47. The fourth-order valence-electron chi connectivity index (χ4n) is 3.42. The lowest BCUT2D eigenvalue weighted by Crippen LogP contribution is -2.32. The van der Waals surface area contributed by atoms with Crippen molar-refractivity contribution in [3.05, 3.63) is 17.2 Å². The summed E-state index contributed by atoms with van der Waals surface area (Å²) in [4.78, 5) is 25.8. The van der Waals surface area contributed by atoms with Gasteiger partial charge in [0.1, 0.15) is 22.8 Å². The van der Waals surface area contributed by atoms with Gasteiger partial charge in [0.05, 0.1) is 27.2 Å². The summed E-state index contributed by atoms with van der Waals surface area (Å²) in [6, 6.07) is 1.36. The monoisotopic (exact) mass is 463 g/mol. The zero-order valence-electron chi connectivity index (χ0n) is 14.4. The molecule has 0 aromatic heterocycles. The number of nitrogens with zero attached hydrogens (tertiary/aromatic N) is 1. The molecule has 0 aliphatic carbocycles. The van der Waals surface area contributed by atoms with Crippen LogP contribution >= 0.6 is 22.6 Å². The van der Waals surface area contributed by atoms with Crippen molar-refractivity contribution in [2.24, 2.45) is 0 Å². The molecule has 1 aromatic rings. The molecule has 2 atom stereocenters. The first-order chi connectivity index (χ1) is 11.8. The lowest BCUT2D eigenvalue weighted by molar-refractivity contribution is -0.108. The number of phenolic OH excluding ortho intramolecular Hbond substituents is 1. The Morgan fingerprint density at radius 1 is 1.32 bits per heavy atom. The number of hydrogen-bond donors (Lipinski definition) is 2. The molecular formula is C17H22INO6. The van der Waals surface area contributed by atoms with Crippen molar-refractivity contribution in [1.82, 2.24) is 4.90 Å². The first kappa shape index (κ1) is 19.9. The molecule has 1 aliphatic heterocycles. The zero-order chi connectivity index (χ0) is 18.7. The molecule has 2 N–H and O–H groups in total. The van der Waals surface area contributed by atoms with Crippen LogP contribution in [0.25, 0.3) is 0 Å². The van der Waals surface area contributed by atoms with E-state index in [1.165, 1.54) is 14.2 Å². The van der Waals surface area contributed by atoms with Gasteiger partial charge >= 0.3 is 0 Å². The van der Waals surface area contributed by atoms with E-state index in [1.807, 2.05) is 11.9 Å². The van der Waals surface area contributed by atoms with E-state index in [4.69, 9.17) is 9.47 Å². The van der Waals surface area contributed by atoms with Gasteiger partial charge in [0, 0.05) is 46.2 Å². The Hall–Kier alpha value is -1.39. The second kappa shape index (κ2) is 8.33. The molecule has 1 heterocycles. The number of aliphatic hydroxyl groups excluding tert-OH is 1. The molecule has 25 heavy (non-hydrogen) atoms. The predicted octanol–water partition coefficient (Wildman–Crippen LogP) is 1.72. The number of ketones is 1. The SMILES string of the molecule is COc1cc(OC)c([C@@H]2CCN(C)[C@H]2CO)c(O)c1C(=O)CC(=O)I. The molecule has 8 heteroatoms. The molecular weight excluding hydrogens is 441 g/mol. The Labute approximate surface area is 160 Å². The molecule has 138 valence electrons. The van der Waals surface area contributed by atoms with E-state index < -0.39 is 5.78 Å². The summed E-state index contributed by atoms with van der Waals surface area (Å²) in [7, 11) is 4.76. The van der Waals surface area contributed by atoms with Gasteiger partial charge in [0.2, 0.25) is 0 Å². The lowest BCUT2D eigenvalue weighted by Gasteiger charge is -2.26. The predicted molar refractivity (Wildman–Crippen MR) is 100 cm³/mol. The second-order valence-corrected chi connectivity index (χ2v) is 7.20. The minimum absolute atomic E-state index is 0.0189. The van der Waals surface area contributed by atoms with Crippen LogP contribution in [-0.4, -0.2) is 65.1 Å². The van der Waals surface area contributed by atoms with E-state index in [0.29, 0.717) is 17.7 Å². The van der Waals surface area contributed by atoms with Gasteiger partial charge in [0.25, 0.3) is 0 Å². The summed E-state index contributed by atoms with van der Waals surface area (Å²) >= 11 is 1.55. The number of hydrogen-bond acceptors (Lipinski definition) is 7. The number of halogens is 1. The molecule has 1 saturated heterocycles. The number of rotatable bonds is 7. The van der Waals surface area contributed by atoms with Gasteiger partial charge in [-0.15, -0.1) is 0 Å². The summed E-state index contributed by atoms with van der Waals surface area (Å²) in [5.74, 6) is -0.391. The third-order valence-electron chi connectivity index (χ3n) is 4.67. The number of Topliss-reactive ketones (excluding diaryl/α,β-unsaturated/α-hetero) is 1. The normalized spacial score (nSPS) is 20.5. The van der Waals surface area contributed by atoms with Crippen molar-refractivity contribution >= 4 is 32.2 Å². The van der Waals surface area contributed by atoms with Crippen molar-refractivity contribution in [3.63, 3.8) is 0 Å². The number of carbonyl (C=O) groups is 2. The Morgan fingerprint density at radius 2 is 1.96 bits per heavy atom. The smallest absolute Gasteiger partial charge is 0.200 e. The number of likely N-dealkylation sites (tertiary alicyclic amines) is 1. The van der Waals surface area contributed by atoms with Crippen molar-refractivity contribution in [3.8, 4) is 17.2 Å². The number of likely N-dealkylation sites (N-methyl/N-ethyl adjacent to an activating group) is 1. The maximum absolute atomic E-state index is 12.5. The molecule has 0 unspecified atom stereocenters. The summed E-state index contributed by atoms with van der Waals surface area (Å²) in [5, 5.41) is 20.6. The van der Waals surface area contributed by atoms with Gasteiger partial charge in [-0.3, -0.25) is 9.59 Å². The van der Waals surface area contributed by atoms with Crippen LogP contribution in [0.4, 0.5) is 0 Å². The Bertz CT molecular complexity index is 678. The average molecular weight is 463 g/mol. The van der Waals surface area contributed by atoms with Gasteiger partial charge in [-0.1, -0.05) is 0 Å². The van der Waals surface area contributed by atoms with E-state index in [1.54, 1.807) is 28.7 Å². The Balaban J connectivity index is 2.63. The maximum Gasteiger partial charge on any atom is 0.200 e. The number of ether oxygens (including phenoxy) is 2. The summed E-state index contributed by atoms with van der Waals surface area (Å²) in [6.07, 6.45) is 0.376. The number of carbonyl (C=O) groups excluding carboxylic acids is 2. The van der Waals surface area contributed by atoms with Crippen LogP contribution in [0.2, 0.25) is 0 Å². The number of benzene rings is 1. The molecule has 0 bridgehead atoms. The largest absolute Gasteiger partial charge is 0.507 e. The highest BCUT2D eigenvalue weighted by Gasteiger charge is 2.38. The fourth-order valence-corrected chi connectivity index (χ4v) is 3.77. The van der Waals surface area contributed by atoms with Crippen LogP contribution in [0.5, 0.6) is 17.2 Å². The van der Waals surface area contributed by atoms with Crippen molar-refractivity contribution < 1.29 is 29.3 Å². The molecule has 0 amide bonds. The first-order valence-corrected chi connectivity index (χ1v) is 8.94. The fraction of sp³-hybridized carbons (Fsp3) is 0.529. The zero-order valence-corrected chi connectivity index (χ0v) is 16.6. The van der Waals surface area contributed by atoms with E-state index in [9.17, 15) is 19.8 Å². The molecule has 0 spiro atoms. The van der Waals surface area contributed by atoms with Crippen molar-refractivity contribution in [2.75, 3.05) is 34.4 Å². The van der Waals surface area contributed by atoms with Crippen molar-refractivity contribution in [2.45, 2.75) is 24.8 Å². The second-order valence-electron chi connectivity index (χ2n) is 6.00. The van der Waals surface area contributed by atoms with E-state index >= 15 is 0 Å². The summed E-state index contributed by atoms with van der Waals surface area (Å²) < 4.78 is 10.3. The third-order valence-corrected chi connectivity index (χ3v) is 5.05. The first-order valence-electron chi connectivity index (χ1n) is 7.86. The van der Waals surface area contributed by atoms with Gasteiger partial charge in [0.15, 0.2) is 9.57 Å². The maximum atomic E-state index is 12.5. The number of aromatic hydroxyl groups is 1. The van der Waals surface area contributed by atoms with Crippen LogP contribution in [0.3, 0.4) is 0 Å². The van der Waals surface area contributed by atoms with Crippen LogP contribution < -0.4 is 9.47 Å². The van der Waals surface area contributed by atoms with E-state index in [2.05, 4.69) is 0 Å². The Kier molecular flexibility index (Phi) is 6.64. The molecule has 0 radical (unpaired) electrons. The molecule has 1 aromatic carbocycles. The lowest BCUT2D eigenvalue weighted by atomic mass is 9.87. The van der Waals surface area contributed by atoms with E-state index in [-0.39, 0.29) is 45.8 Å².